The van der Waals surface area contributed by atoms with Crippen LogP contribution in [0.3, 0.4) is 0 Å². The van der Waals surface area contributed by atoms with Gasteiger partial charge in [-0.05, 0) is 72.6 Å². The molecule has 0 aromatic rings. The molecule has 0 saturated carbocycles. The summed E-state index contributed by atoms with van der Waals surface area (Å²) in [6, 6.07) is -2.01. The molecule has 0 spiro atoms. The van der Waals surface area contributed by atoms with Crippen LogP contribution in [0, 0.1) is 0 Å². The molecule has 0 aliphatic carbocycles. The fraction of sp³-hybridized carbons (Fsp3) is 1.00. The molecule has 41 heavy (non-hydrogen) atoms. The minimum absolute atomic E-state index is 0.112. The maximum absolute atomic E-state index is 12.8. The summed E-state index contributed by atoms with van der Waals surface area (Å²) in [5.41, 5.74) is -0.893. The summed E-state index contributed by atoms with van der Waals surface area (Å²) in [7, 11) is 13.1. The quantitative estimate of drug-likeness (QED) is 0.225. The molecule has 0 bridgehead atoms. The van der Waals surface area contributed by atoms with Crippen molar-refractivity contribution in [3.8, 4) is 0 Å². The Morgan fingerprint density at radius 1 is 0.732 bits per heavy atom. The van der Waals surface area contributed by atoms with Gasteiger partial charge in [-0.2, -0.15) is 0 Å². The van der Waals surface area contributed by atoms with Crippen molar-refractivity contribution in [1.29, 1.82) is 0 Å². The normalized spacial score (nSPS) is 37.7. The number of phosphoric acid groups is 1. The van der Waals surface area contributed by atoms with Gasteiger partial charge in [0.15, 0.2) is 0 Å². The Hall–Kier alpha value is 0.635. The second-order valence-electron chi connectivity index (χ2n) is 12.4. The van der Waals surface area contributed by atoms with Gasteiger partial charge in [0, 0.05) is 18.0 Å². The van der Waals surface area contributed by atoms with Gasteiger partial charge >= 0.3 is 14.5 Å². The highest BCUT2D eigenvalue weighted by atomic mass is 32.5. The van der Waals surface area contributed by atoms with E-state index < -0.39 is 80.9 Å². The fourth-order valence-electron chi connectivity index (χ4n) is 4.56. The number of phosphoric ester groups is 1. The van der Waals surface area contributed by atoms with Gasteiger partial charge in [0.1, 0.15) is 41.9 Å². The lowest BCUT2D eigenvalue weighted by Gasteiger charge is -2.29. The van der Waals surface area contributed by atoms with Crippen LogP contribution in [-0.4, -0.2) is 119 Å². The van der Waals surface area contributed by atoms with Crippen LogP contribution in [0.2, 0.25) is 0 Å². The topological polar surface area (TPSA) is 141 Å². The van der Waals surface area contributed by atoms with Crippen molar-refractivity contribution in [3.05, 3.63) is 0 Å². The van der Waals surface area contributed by atoms with Crippen molar-refractivity contribution in [1.82, 2.24) is 0 Å². The highest BCUT2D eigenvalue weighted by Gasteiger charge is 2.43. The van der Waals surface area contributed by atoms with E-state index in [1.54, 1.807) is 0 Å². The van der Waals surface area contributed by atoms with Crippen LogP contribution in [0.5, 0.6) is 0 Å². The van der Waals surface area contributed by atoms with Crippen LogP contribution in [0.15, 0.2) is 0 Å². The standard InChI is InChI=1S/C23H41B3O12P2S/c1-22(2,3)30-10-16-14(8-20(25)33-16)37-39(27,28)31-11-18-15(9-21(26)35-18)38-40(29,41)32-12-17-13(7-19(24)34-17)36-23(4,5)6/h13-21H,7-12H2,1-6H3,(H,27,28)(H,29,41)/t13-,14-,15-,16-,17-,18-,19-,20-,21-,40?/m1/s1. The van der Waals surface area contributed by atoms with Crippen molar-refractivity contribution in [2.24, 2.45) is 0 Å². The Labute approximate surface area is 252 Å². The van der Waals surface area contributed by atoms with Crippen LogP contribution < -0.4 is 0 Å². The maximum Gasteiger partial charge on any atom is 0.472 e. The zero-order valence-electron chi connectivity index (χ0n) is 24.5. The Morgan fingerprint density at radius 2 is 1.17 bits per heavy atom. The summed E-state index contributed by atoms with van der Waals surface area (Å²) in [5.74, 6) is 0. The van der Waals surface area contributed by atoms with Crippen LogP contribution in [0.1, 0.15) is 60.8 Å². The summed E-state index contributed by atoms with van der Waals surface area (Å²) in [6.07, 6.45) is -3.49. The molecule has 3 heterocycles. The van der Waals surface area contributed by atoms with E-state index >= 15 is 0 Å². The molecule has 0 amide bonds. The second-order valence-corrected chi connectivity index (χ2v) is 16.6. The van der Waals surface area contributed by atoms with Gasteiger partial charge in [-0.3, -0.25) is 9.05 Å². The van der Waals surface area contributed by atoms with E-state index in [0.29, 0.717) is 6.42 Å². The third kappa shape index (κ3) is 12.5. The largest absolute Gasteiger partial charge is 0.472 e. The summed E-state index contributed by atoms with van der Waals surface area (Å²) in [5, 5.41) is 0. The Balaban J connectivity index is 1.52. The third-order valence-corrected chi connectivity index (χ3v) is 8.81. The molecule has 18 heteroatoms. The van der Waals surface area contributed by atoms with Gasteiger partial charge in [0.2, 0.25) is 0 Å². The van der Waals surface area contributed by atoms with E-state index in [1.807, 2.05) is 41.5 Å². The first-order chi connectivity index (χ1) is 18.7. The molecular formula is C23H41B3O12P2S. The average Bonchev–Trinajstić information content (AvgIpc) is 3.43. The van der Waals surface area contributed by atoms with Gasteiger partial charge in [0.05, 0.1) is 49.3 Å². The maximum atomic E-state index is 12.8. The van der Waals surface area contributed by atoms with E-state index in [0.717, 1.165) is 0 Å². The van der Waals surface area contributed by atoms with Crippen molar-refractivity contribution >= 4 is 49.9 Å². The molecule has 3 saturated heterocycles. The van der Waals surface area contributed by atoms with Crippen molar-refractivity contribution < 1.29 is 56.1 Å². The average molecular weight is 636 g/mol. The van der Waals surface area contributed by atoms with Crippen molar-refractivity contribution in [2.75, 3.05) is 19.8 Å². The molecule has 3 fully saturated rings. The molecule has 2 N–H and O–H groups in total. The SMILES string of the molecule is [B][C@H]1C[C@@H](OC(C)(C)C)[C@@H](COP(O)(=S)O[C@@H]2C[C@H]([B])O[C@@H]2COP(=O)(O)O[C@@H]2C[C@H]([B])O[C@@H]2COC(C)(C)C)O1. The van der Waals surface area contributed by atoms with Crippen LogP contribution in [0.4, 0.5) is 0 Å². The molecule has 230 valence electrons. The zero-order valence-corrected chi connectivity index (χ0v) is 27.1. The molecule has 12 nitrogen and oxygen atoms in total. The molecule has 3 aliphatic rings. The van der Waals surface area contributed by atoms with Gasteiger partial charge in [0.25, 0.3) is 0 Å². The summed E-state index contributed by atoms with van der Waals surface area (Å²) in [4.78, 5) is 21.2. The predicted molar refractivity (Wildman–Crippen MR) is 155 cm³/mol. The smallest absolute Gasteiger partial charge is 0.380 e. The van der Waals surface area contributed by atoms with Crippen LogP contribution in [0.25, 0.3) is 0 Å². The molecule has 0 aromatic heterocycles. The Kier molecular flexibility index (Phi) is 12.7. The minimum Gasteiger partial charge on any atom is -0.380 e. The molecular weight excluding hydrogens is 595 g/mol. The van der Waals surface area contributed by atoms with E-state index in [2.05, 4.69) is 0 Å². The lowest BCUT2D eigenvalue weighted by molar-refractivity contribution is -0.0981. The summed E-state index contributed by atoms with van der Waals surface area (Å²) >= 11 is 5.20. The van der Waals surface area contributed by atoms with Crippen LogP contribution in [-0.2, 0) is 58.2 Å². The van der Waals surface area contributed by atoms with E-state index in [9.17, 15) is 14.4 Å². The van der Waals surface area contributed by atoms with E-state index in [-0.39, 0.29) is 32.2 Å². The number of hydrogen-bond acceptors (Lipinski definition) is 11. The minimum atomic E-state index is -4.60. The third-order valence-electron chi connectivity index (χ3n) is 6.21. The Bertz CT molecular complexity index is 954. The lowest BCUT2D eigenvalue weighted by Crippen LogP contribution is -2.35. The highest BCUT2D eigenvalue weighted by Crippen LogP contribution is 2.50. The lowest BCUT2D eigenvalue weighted by atomic mass is 9.96. The molecule has 0 aromatic carbocycles. The van der Waals surface area contributed by atoms with Crippen LogP contribution >= 0.6 is 14.5 Å². The fourth-order valence-corrected chi connectivity index (χ4v) is 6.99. The predicted octanol–water partition coefficient (Wildman–Crippen LogP) is 1.96. The molecule has 11 atom stereocenters. The zero-order chi connectivity index (χ0) is 30.8. The molecule has 3 rings (SSSR count). The number of hydrogen-bond donors (Lipinski definition) is 2. The van der Waals surface area contributed by atoms with E-state index in [4.69, 9.17) is 77.1 Å². The van der Waals surface area contributed by atoms with E-state index in [1.165, 1.54) is 0 Å². The molecule has 2 unspecified atom stereocenters. The number of rotatable bonds is 13. The van der Waals surface area contributed by atoms with Gasteiger partial charge in [-0.25, -0.2) is 4.57 Å². The monoisotopic (exact) mass is 636 g/mol. The second kappa shape index (κ2) is 14.4. The Morgan fingerprint density at radius 3 is 1.68 bits per heavy atom. The summed E-state index contributed by atoms with van der Waals surface area (Å²) < 4.78 is 63.1. The first-order valence-electron chi connectivity index (χ1n) is 13.6. The van der Waals surface area contributed by atoms with Crippen molar-refractivity contribution in [2.45, 2.75) is 127 Å². The van der Waals surface area contributed by atoms with Gasteiger partial charge < -0.3 is 42.5 Å². The first-order valence-corrected chi connectivity index (χ1v) is 17.7. The highest BCUT2D eigenvalue weighted by molar-refractivity contribution is 8.07. The number of ether oxygens (including phenoxy) is 5. The van der Waals surface area contributed by atoms with Gasteiger partial charge in [-0.1, -0.05) is 0 Å². The first kappa shape index (κ1) is 36.1. The van der Waals surface area contributed by atoms with Gasteiger partial charge in [-0.15, -0.1) is 0 Å². The molecule has 6 radical (unpaired) electrons. The summed E-state index contributed by atoms with van der Waals surface area (Å²) in [6.45, 7) is 7.08. The van der Waals surface area contributed by atoms with Crippen molar-refractivity contribution in [3.63, 3.8) is 0 Å². The molecule has 3 aliphatic heterocycles.